The number of nitro groups is 1. The first kappa shape index (κ1) is 15.7. The Morgan fingerprint density at radius 3 is 2.71 bits per heavy atom. The molecule has 0 radical (unpaired) electrons. The molecule has 6 nitrogen and oxygen atoms in total. The van der Waals surface area contributed by atoms with E-state index >= 15 is 0 Å². The summed E-state index contributed by atoms with van der Waals surface area (Å²) in [5.74, 6) is 0.00164. The van der Waals surface area contributed by atoms with Crippen LogP contribution in [0.25, 0.3) is 0 Å². The van der Waals surface area contributed by atoms with E-state index in [1.54, 1.807) is 6.07 Å². The molecule has 114 valence electrons. The summed E-state index contributed by atoms with van der Waals surface area (Å²) >= 11 is 5.81. The Balaban J connectivity index is 1.93. The number of likely N-dealkylation sites (tertiary alicyclic amines) is 1. The minimum atomic E-state index is -0.463. The molecule has 1 aliphatic heterocycles. The fraction of sp³-hybridized carbons (Fsp3) is 0.500. The van der Waals surface area contributed by atoms with E-state index in [0.29, 0.717) is 6.54 Å². The largest absolute Gasteiger partial charge is 0.354 e. The molecule has 1 fully saturated rings. The van der Waals surface area contributed by atoms with Crippen molar-refractivity contribution in [1.82, 2.24) is 10.2 Å². The number of halogens is 1. The normalized spacial score (nSPS) is 16.7. The van der Waals surface area contributed by atoms with Gasteiger partial charge in [0.15, 0.2) is 0 Å². The average Bonchev–Trinajstić information content (AvgIpc) is 2.42. The molecule has 1 N–H and O–H groups in total. The molecule has 7 heteroatoms. The molecule has 0 bridgehead atoms. The third-order valence-corrected chi connectivity index (χ3v) is 3.93. The molecular formula is C14H18ClN3O3. The van der Waals surface area contributed by atoms with Crippen LogP contribution < -0.4 is 5.32 Å². The molecule has 0 saturated carbocycles. The van der Waals surface area contributed by atoms with Gasteiger partial charge in [0, 0.05) is 38.7 Å². The Morgan fingerprint density at radius 1 is 1.48 bits per heavy atom. The number of rotatable bonds is 4. The average molecular weight is 312 g/mol. The number of piperidine rings is 1. The third-order valence-electron chi connectivity index (χ3n) is 3.61. The Morgan fingerprint density at radius 2 is 2.14 bits per heavy atom. The quantitative estimate of drug-likeness (QED) is 0.684. The predicted molar refractivity (Wildman–Crippen MR) is 80.2 cm³/mol. The lowest BCUT2D eigenvalue weighted by molar-refractivity contribution is -0.384. The summed E-state index contributed by atoms with van der Waals surface area (Å²) in [6.07, 6.45) is 1.80. The van der Waals surface area contributed by atoms with Crippen molar-refractivity contribution in [2.75, 3.05) is 13.1 Å². The Kier molecular flexibility index (Phi) is 5.14. The van der Waals surface area contributed by atoms with Gasteiger partial charge in [0.25, 0.3) is 5.69 Å². The minimum absolute atomic E-state index is 0.00164. The van der Waals surface area contributed by atoms with E-state index in [1.807, 2.05) is 6.07 Å². The highest BCUT2D eigenvalue weighted by atomic mass is 35.5. The fourth-order valence-corrected chi connectivity index (χ4v) is 2.76. The van der Waals surface area contributed by atoms with Crippen molar-refractivity contribution < 1.29 is 9.72 Å². The maximum Gasteiger partial charge on any atom is 0.288 e. The second-order valence-corrected chi connectivity index (χ2v) is 5.70. The van der Waals surface area contributed by atoms with Crippen LogP contribution in [0.1, 0.15) is 25.3 Å². The van der Waals surface area contributed by atoms with Gasteiger partial charge in [-0.25, -0.2) is 0 Å². The first-order valence-corrected chi connectivity index (χ1v) is 7.26. The minimum Gasteiger partial charge on any atom is -0.354 e. The number of hydrogen-bond donors (Lipinski definition) is 1. The molecule has 0 spiro atoms. The van der Waals surface area contributed by atoms with E-state index in [2.05, 4.69) is 10.2 Å². The van der Waals surface area contributed by atoms with Gasteiger partial charge in [0.2, 0.25) is 5.91 Å². The van der Waals surface area contributed by atoms with Crippen molar-refractivity contribution in [3.05, 3.63) is 38.9 Å². The molecule has 1 aromatic carbocycles. The predicted octanol–water partition coefficient (Wildman–Crippen LogP) is 2.35. The van der Waals surface area contributed by atoms with Gasteiger partial charge in [0.1, 0.15) is 5.02 Å². The summed E-state index contributed by atoms with van der Waals surface area (Å²) in [5.41, 5.74) is 0.825. The van der Waals surface area contributed by atoms with E-state index in [1.165, 1.54) is 13.0 Å². The van der Waals surface area contributed by atoms with Crippen LogP contribution in [-0.4, -0.2) is 34.9 Å². The summed E-state index contributed by atoms with van der Waals surface area (Å²) in [7, 11) is 0. The lowest BCUT2D eigenvalue weighted by Crippen LogP contribution is -2.43. The number of benzene rings is 1. The van der Waals surface area contributed by atoms with Crippen LogP contribution in [-0.2, 0) is 11.3 Å². The highest BCUT2D eigenvalue weighted by molar-refractivity contribution is 6.32. The van der Waals surface area contributed by atoms with E-state index in [-0.39, 0.29) is 22.7 Å². The number of carbonyl (C=O) groups excluding carboxylic acids is 1. The lowest BCUT2D eigenvalue weighted by Gasteiger charge is -2.32. The molecule has 0 atom stereocenters. The van der Waals surface area contributed by atoms with Gasteiger partial charge >= 0.3 is 0 Å². The van der Waals surface area contributed by atoms with Crippen molar-refractivity contribution >= 4 is 23.2 Å². The van der Waals surface area contributed by atoms with Gasteiger partial charge in [0.05, 0.1) is 4.92 Å². The molecule has 1 aliphatic rings. The maximum atomic E-state index is 11.0. The smallest absolute Gasteiger partial charge is 0.288 e. The van der Waals surface area contributed by atoms with Crippen LogP contribution in [0, 0.1) is 10.1 Å². The summed E-state index contributed by atoms with van der Waals surface area (Å²) in [4.78, 5) is 23.7. The van der Waals surface area contributed by atoms with E-state index < -0.39 is 4.92 Å². The van der Waals surface area contributed by atoms with Crippen LogP contribution in [0.5, 0.6) is 0 Å². The van der Waals surface area contributed by atoms with Crippen molar-refractivity contribution in [3.63, 3.8) is 0 Å². The molecule has 0 unspecified atom stereocenters. The second kappa shape index (κ2) is 6.87. The van der Waals surface area contributed by atoms with Crippen LogP contribution >= 0.6 is 11.6 Å². The van der Waals surface area contributed by atoms with Gasteiger partial charge in [-0.2, -0.15) is 0 Å². The lowest BCUT2D eigenvalue weighted by atomic mass is 10.0. The molecule has 1 saturated heterocycles. The van der Waals surface area contributed by atoms with E-state index in [9.17, 15) is 14.9 Å². The topological polar surface area (TPSA) is 75.5 Å². The molecule has 1 heterocycles. The highest BCUT2D eigenvalue weighted by Crippen LogP contribution is 2.26. The van der Waals surface area contributed by atoms with Crippen LogP contribution in [0.2, 0.25) is 5.02 Å². The summed E-state index contributed by atoms with van der Waals surface area (Å²) in [6.45, 7) is 3.91. The first-order valence-electron chi connectivity index (χ1n) is 6.88. The first-order chi connectivity index (χ1) is 9.95. The highest BCUT2D eigenvalue weighted by Gasteiger charge is 2.20. The van der Waals surface area contributed by atoms with Crippen molar-refractivity contribution in [3.8, 4) is 0 Å². The van der Waals surface area contributed by atoms with Crippen LogP contribution in [0.3, 0.4) is 0 Å². The summed E-state index contributed by atoms with van der Waals surface area (Å²) in [6, 6.07) is 5.15. The fourth-order valence-electron chi connectivity index (χ4n) is 2.58. The number of carbonyl (C=O) groups is 1. The summed E-state index contributed by atoms with van der Waals surface area (Å²) < 4.78 is 0. The van der Waals surface area contributed by atoms with Crippen molar-refractivity contribution in [1.29, 1.82) is 0 Å². The van der Waals surface area contributed by atoms with Crippen molar-refractivity contribution in [2.24, 2.45) is 0 Å². The SMILES string of the molecule is CC(=O)NC1CCN(Cc2ccc(Cl)c([N+](=O)[O-])c2)CC1. The standard InChI is InChI=1S/C14H18ClN3O3/c1-10(19)16-12-4-6-17(7-5-12)9-11-2-3-13(15)14(8-11)18(20)21/h2-3,8,12H,4-7,9H2,1H3,(H,16,19). The molecule has 0 aliphatic carbocycles. The molecule has 21 heavy (non-hydrogen) atoms. The van der Waals surface area contributed by atoms with Crippen molar-refractivity contribution in [2.45, 2.75) is 32.4 Å². The molecule has 1 aromatic rings. The number of hydrogen-bond acceptors (Lipinski definition) is 4. The number of nitrogens with one attached hydrogen (secondary N) is 1. The van der Waals surface area contributed by atoms with Gasteiger partial charge < -0.3 is 5.32 Å². The maximum absolute atomic E-state index is 11.0. The Hall–Kier alpha value is -1.66. The number of amides is 1. The monoisotopic (exact) mass is 311 g/mol. The van der Waals surface area contributed by atoms with Crippen LogP contribution in [0.4, 0.5) is 5.69 Å². The number of nitrogens with zero attached hydrogens (tertiary/aromatic N) is 2. The third kappa shape index (κ3) is 4.41. The zero-order valence-electron chi connectivity index (χ0n) is 11.8. The molecule has 1 amide bonds. The number of nitro benzene ring substituents is 1. The Labute approximate surface area is 128 Å². The van der Waals surface area contributed by atoms with Gasteiger partial charge in [-0.05, 0) is 24.5 Å². The Bertz CT molecular complexity index is 542. The van der Waals surface area contributed by atoms with Gasteiger partial charge in [-0.3, -0.25) is 19.8 Å². The van der Waals surface area contributed by atoms with Gasteiger partial charge in [-0.1, -0.05) is 17.7 Å². The zero-order chi connectivity index (χ0) is 15.4. The molecule has 0 aromatic heterocycles. The van der Waals surface area contributed by atoms with Crippen LogP contribution in [0.15, 0.2) is 18.2 Å². The van der Waals surface area contributed by atoms with E-state index in [0.717, 1.165) is 31.5 Å². The summed E-state index contributed by atoms with van der Waals surface area (Å²) in [5, 5.41) is 14.0. The second-order valence-electron chi connectivity index (χ2n) is 5.29. The molecule has 2 rings (SSSR count). The van der Waals surface area contributed by atoms with E-state index in [4.69, 9.17) is 11.6 Å². The molecular weight excluding hydrogens is 294 g/mol. The zero-order valence-corrected chi connectivity index (χ0v) is 12.6. The van der Waals surface area contributed by atoms with Gasteiger partial charge in [-0.15, -0.1) is 0 Å².